The minimum Gasteiger partial charge on any atom is -0.383 e. The number of ether oxygens (including phenoxy) is 1. The second-order valence-electron chi connectivity index (χ2n) is 9.02. The summed E-state index contributed by atoms with van der Waals surface area (Å²) in [6, 6.07) is 6.95. The van der Waals surface area contributed by atoms with Gasteiger partial charge in [0.25, 0.3) is 0 Å². The molecule has 3 amide bonds. The molecule has 3 rings (SSSR count). The number of benzene rings is 1. The molecule has 35 heavy (non-hydrogen) atoms. The molecule has 1 saturated heterocycles. The van der Waals surface area contributed by atoms with E-state index in [0.717, 1.165) is 16.7 Å². The van der Waals surface area contributed by atoms with Crippen LogP contribution in [-0.2, 0) is 19.1 Å². The maximum Gasteiger partial charge on any atom is 0.248 e. The number of aryl methyl sites for hydroxylation is 1. The molecule has 2 aliphatic heterocycles. The quantitative estimate of drug-likeness (QED) is 0.242. The van der Waals surface area contributed by atoms with Crippen molar-refractivity contribution in [2.75, 3.05) is 39.9 Å². The summed E-state index contributed by atoms with van der Waals surface area (Å²) >= 11 is 0. The summed E-state index contributed by atoms with van der Waals surface area (Å²) in [5.74, 6) is -1.91. The first-order valence-electron chi connectivity index (χ1n) is 11.8. The van der Waals surface area contributed by atoms with Gasteiger partial charge in [-0.25, -0.2) is 5.48 Å². The molecule has 1 fully saturated rings. The van der Waals surface area contributed by atoms with E-state index in [1.54, 1.807) is 23.6 Å². The predicted octanol–water partition coefficient (Wildman–Crippen LogP) is 0.735. The summed E-state index contributed by atoms with van der Waals surface area (Å²) in [4.78, 5) is 39.6. The van der Waals surface area contributed by atoms with Crippen LogP contribution in [0.15, 0.2) is 24.3 Å². The van der Waals surface area contributed by atoms with Crippen LogP contribution in [0.5, 0.6) is 0 Å². The van der Waals surface area contributed by atoms with Gasteiger partial charge in [-0.15, -0.1) is 0 Å². The molecule has 0 saturated carbocycles. The molecule has 0 aliphatic carbocycles. The Kier molecular flexibility index (Phi) is 9.37. The van der Waals surface area contributed by atoms with Crippen LogP contribution < -0.4 is 16.1 Å². The average molecular weight is 484 g/mol. The Labute approximate surface area is 205 Å². The van der Waals surface area contributed by atoms with Crippen LogP contribution in [0.1, 0.15) is 36.0 Å². The number of piperidine rings is 1. The maximum atomic E-state index is 13.3. The summed E-state index contributed by atoms with van der Waals surface area (Å²) in [5, 5.41) is 24.3. The largest absolute Gasteiger partial charge is 0.383 e. The van der Waals surface area contributed by atoms with E-state index in [0.29, 0.717) is 51.2 Å². The van der Waals surface area contributed by atoms with E-state index in [2.05, 4.69) is 16.7 Å². The van der Waals surface area contributed by atoms with Gasteiger partial charge in [0.1, 0.15) is 0 Å². The standard InChI is InChI=1S/C25H33N5O5/c1-16-11-17(14-26)3-4-20(16)19-5-8-30(9-6-19)25(33)23-21(24(32)29-34)12-18(15-28-23)13-22(31)27-7-10-35-2/h3-5,11,18,21,23,28,34H,6-10,12-13,15H2,1-2H3,(H,27,31)(H,29,32)/t18-,21-,23-/m0/s1. The minimum absolute atomic E-state index is 0.142. The number of nitrogens with one attached hydrogen (secondary N) is 3. The van der Waals surface area contributed by atoms with Crippen molar-refractivity contribution >= 4 is 23.3 Å². The van der Waals surface area contributed by atoms with Gasteiger partial charge in [-0.2, -0.15) is 5.26 Å². The van der Waals surface area contributed by atoms with Crippen molar-refractivity contribution in [3.63, 3.8) is 0 Å². The van der Waals surface area contributed by atoms with Gasteiger partial charge < -0.3 is 20.3 Å². The molecule has 1 aromatic rings. The zero-order valence-corrected chi connectivity index (χ0v) is 20.2. The van der Waals surface area contributed by atoms with Crippen LogP contribution in [0.3, 0.4) is 0 Å². The zero-order chi connectivity index (χ0) is 25.4. The van der Waals surface area contributed by atoms with Crippen molar-refractivity contribution in [3.8, 4) is 6.07 Å². The number of carbonyl (C=O) groups is 3. The van der Waals surface area contributed by atoms with E-state index in [9.17, 15) is 19.6 Å². The molecule has 2 heterocycles. The smallest absolute Gasteiger partial charge is 0.248 e. The minimum atomic E-state index is -0.788. The molecular weight excluding hydrogens is 450 g/mol. The van der Waals surface area contributed by atoms with Crippen molar-refractivity contribution in [1.29, 1.82) is 5.26 Å². The normalized spacial score (nSPS) is 22.1. The van der Waals surface area contributed by atoms with Gasteiger partial charge in [0, 0.05) is 33.2 Å². The Morgan fingerprint density at radius 3 is 2.77 bits per heavy atom. The first kappa shape index (κ1) is 26.3. The average Bonchev–Trinajstić information content (AvgIpc) is 2.88. The molecule has 0 radical (unpaired) electrons. The van der Waals surface area contributed by atoms with Crippen LogP contribution in [-0.4, -0.2) is 73.8 Å². The Bertz CT molecular complexity index is 1020. The number of methoxy groups -OCH3 is 1. The SMILES string of the molecule is COCCNC(=O)C[C@H]1CN[C@H](C(=O)N2CC=C(c3ccc(C#N)cc3C)CC2)[C@@H](C(=O)NO)C1. The predicted molar refractivity (Wildman–Crippen MR) is 128 cm³/mol. The Hall–Kier alpha value is -3.26. The number of rotatable bonds is 8. The third kappa shape index (κ3) is 6.66. The van der Waals surface area contributed by atoms with E-state index >= 15 is 0 Å². The van der Waals surface area contributed by atoms with Gasteiger partial charge in [0.05, 0.1) is 30.2 Å². The van der Waals surface area contributed by atoms with Gasteiger partial charge in [0.15, 0.2) is 0 Å². The van der Waals surface area contributed by atoms with E-state index < -0.39 is 17.9 Å². The lowest BCUT2D eigenvalue weighted by molar-refractivity contribution is -0.144. The molecule has 3 atom stereocenters. The van der Waals surface area contributed by atoms with Crippen molar-refractivity contribution in [2.45, 2.75) is 32.2 Å². The third-order valence-electron chi connectivity index (χ3n) is 6.65. The lowest BCUT2D eigenvalue weighted by Gasteiger charge is -2.38. The molecule has 0 spiro atoms. The van der Waals surface area contributed by atoms with Crippen molar-refractivity contribution in [3.05, 3.63) is 41.0 Å². The highest BCUT2D eigenvalue weighted by Crippen LogP contribution is 2.29. The number of hydroxylamine groups is 1. The lowest BCUT2D eigenvalue weighted by Crippen LogP contribution is -2.59. The summed E-state index contributed by atoms with van der Waals surface area (Å²) in [7, 11) is 1.56. The number of amides is 3. The lowest BCUT2D eigenvalue weighted by atomic mass is 9.81. The van der Waals surface area contributed by atoms with Crippen LogP contribution in [0, 0.1) is 30.1 Å². The van der Waals surface area contributed by atoms with Gasteiger partial charge in [-0.1, -0.05) is 12.1 Å². The molecule has 4 N–H and O–H groups in total. The summed E-state index contributed by atoms with van der Waals surface area (Å²) in [5.41, 5.74) is 5.50. The third-order valence-corrected chi connectivity index (χ3v) is 6.65. The number of nitriles is 1. The van der Waals surface area contributed by atoms with E-state index in [1.807, 2.05) is 25.1 Å². The van der Waals surface area contributed by atoms with E-state index in [-0.39, 0.29) is 24.2 Å². The maximum absolute atomic E-state index is 13.3. The van der Waals surface area contributed by atoms with E-state index in [1.165, 1.54) is 0 Å². The zero-order valence-electron chi connectivity index (χ0n) is 20.2. The fourth-order valence-electron chi connectivity index (χ4n) is 4.80. The number of hydrogen-bond donors (Lipinski definition) is 4. The number of carbonyl (C=O) groups excluding carboxylic acids is 3. The molecule has 0 aromatic heterocycles. The highest BCUT2D eigenvalue weighted by molar-refractivity contribution is 5.90. The Morgan fingerprint density at radius 1 is 1.34 bits per heavy atom. The molecule has 188 valence electrons. The molecule has 0 unspecified atom stereocenters. The van der Waals surface area contributed by atoms with Crippen molar-refractivity contribution in [1.82, 2.24) is 21.0 Å². The molecule has 0 bridgehead atoms. The van der Waals surface area contributed by atoms with Gasteiger partial charge in [-0.05, 0) is 61.1 Å². The van der Waals surface area contributed by atoms with Gasteiger partial charge in [0.2, 0.25) is 17.7 Å². The summed E-state index contributed by atoms with van der Waals surface area (Å²) in [6.45, 7) is 4.11. The van der Waals surface area contributed by atoms with Crippen LogP contribution in [0.2, 0.25) is 0 Å². The fraction of sp³-hybridized carbons (Fsp3) is 0.520. The summed E-state index contributed by atoms with van der Waals surface area (Å²) < 4.78 is 4.92. The second kappa shape index (κ2) is 12.4. The number of hydrogen-bond acceptors (Lipinski definition) is 7. The highest BCUT2D eigenvalue weighted by Gasteiger charge is 2.41. The topological polar surface area (TPSA) is 144 Å². The van der Waals surface area contributed by atoms with Crippen molar-refractivity contribution in [2.24, 2.45) is 11.8 Å². The molecule has 10 heteroatoms. The fourth-order valence-corrected chi connectivity index (χ4v) is 4.80. The van der Waals surface area contributed by atoms with E-state index in [4.69, 9.17) is 10.00 Å². The molecular formula is C25H33N5O5. The second-order valence-corrected chi connectivity index (χ2v) is 9.02. The van der Waals surface area contributed by atoms with Crippen LogP contribution in [0.4, 0.5) is 0 Å². The molecule has 10 nitrogen and oxygen atoms in total. The molecule has 2 aliphatic rings. The Balaban J connectivity index is 1.63. The monoisotopic (exact) mass is 483 g/mol. The van der Waals surface area contributed by atoms with Crippen molar-refractivity contribution < 1.29 is 24.3 Å². The van der Waals surface area contributed by atoms with Gasteiger partial charge in [-0.3, -0.25) is 19.6 Å². The highest BCUT2D eigenvalue weighted by atomic mass is 16.5. The van der Waals surface area contributed by atoms with Crippen LogP contribution >= 0.6 is 0 Å². The summed E-state index contributed by atoms with van der Waals surface area (Å²) in [6.07, 6.45) is 3.19. The van der Waals surface area contributed by atoms with Gasteiger partial charge >= 0.3 is 0 Å². The molecule has 1 aromatic carbocycles. The van der Waals surface area contributed by atoms with Crippen LogP contribution in [0.25, 0.3) is 5.57 Å². The first-order valence-corrected chi connectivity index (χ1v) is 11.8. The number of nitrogens with zero attached hydrogens (tertiary/aromatic N) is 2. The Morgan fingerprint density at radius 2 is 2.14 bits per heavy atom. The first-order chi connectivity index (χ1) is 16.9.